The first-order valence-corrected chi connectivity index (χ1v) is 11.9. The molecule has 0 heterocycles. The van der Waals surface area contributed by atoms with Crippen molar-refractivity contribution < 1.29 is 14.6 Å². The summed E-state index contributed by atoms with van der Waals surface area (Å²) in [5.41, 5.74) is 4.84. The monoisotopic (exact) mass is 454 g/mol. The second kappa shape index (κ2) is 16.1. The molecule has 0 radical (unpaired) electrons. The Labute approximate surface area is 196 Å². The predicted molar refractivity (Wildman–Crippen MR) is 134 cm³/mol. The molecule has 6 heteroatoms. The Morgan fingerprint density at radius 1 is 1.28 bits per heavy atom. The molecule has 0 amide bonds. The van der Waals surface area contributed by atoms with Gasteiger partial charge in [0.2, 0.25) is 0 Å². The molecular weight excluding hydrogens is 420 g/mol. The Morgan fingerprint density at radius 2 is 1.94 bits per heavy atom. The Bertz CT molecular complexity index is 847. The normalized spacial score (nSPS) is 16.8. The van der Waals surface area contributed by atoms with Crippen LogP contribution in [0.5, 0.6) is 0 Å². The maximum Gasteiger partial charge on any atom is 0.300 e. The summed E-state index contributed by atoms with van der Waals surface area (Å²) < 4.78 is 6.04. The molecule has 1 atom stereocenters. The quantitative estimate of drug-likeness (QED) is 0.231. The van der Waals surface area contributed by atoms with Crippen molar-refractivity contribution in [3.63, 3.8) is 0 Å². The van der Waals surface area contributed by atoms with E-state index in [2.05, 4.69) is 38.3 Å². The number of benzene rings is 1. The van der Waals surface area contributed by atoms with Crippen molar-refractivity contribution >= 4 is 22.8 Å². The van der Waals surface area contributed by atoms with Crippen molar-refractivity contribution in [3.05, 3.63) is 71.8 Å². The van der Waals surface area contributed by atoms with Gasteiger partial charge in [-0.3, -0.25) is 9.79 Å². The number of allylic oxidation sites excluding steroid dienone is 2. The number of carbonyl (C=O) groups is 1. The van der Waals surface area contributed by atoms with E-state index in [-0.39, 0.29) is 6.10 Å². The van der Waals surface area contributed by atoms with Crippen LogP contribution in [-0.4, -0.2) is 41.1 Å². The standard InChI is InChI=1S/C22H26N2OS.C2H4O2.C2H4/c1-2-26-22(19-9-7-17(16-23)8-10-19)24-13-4-14-25-21-12-11-18-5-3-6-20(18)15-21;1-2(3)4;1-2/h7-11,15,21H,2-6,12-14H2,1H3;1H3,(H,3,4);1-2H2. The first-order chi connectivity index (χ1) is 15.5. The molecular formula is C26H34N2O3S. The van der Waals surface area contributed by atoms with Gasteiger partial charge in [0.05, 0.1) is 22.8 Å². The zero-order valence-electron chi connectivity index (χ0n) is 19.2. The number of rotatable bonds is 7. The number of hydrogen-bond acceptors (Lipinski definition) is 5. The van der Waals surface area contributed by atoms with Crippen molar-refractivity contribution in [1.82, 2.24) is 0 Å². The average molecular weight is 455 g/mol. The van der Waals surface area contributed by atoms with Gasteiger partial charge in [-0.2, -0.15) is 5.26 Å². The number of ether oxygens (including phenoxy) is 1. The van der Waals surface area contributed by atoms with Crippen LogP contribution in [0.3, 0.4) is 0 Å². The molecule has 0 spiro atoms. The van der Waals surface area contributed by atoms with Crippen LogP contribution in [0.4, 0.5) is 0 Å². The summed E-state index contributed by atoms with van der Waals surface area (Å²) in [6.45, 7) is 10.7. The molecule has 0 bridgehead atoms. The van der Waals surface area contributed by atoms with E-state index in [1.54, 1.807) is 17.3 Å². The Kier molecular flexibility index (Phi) is 13.8. The second-order valence-electron chi connectivity index (χ2n) is 7.10. The zero-order chi connectivity index (χ0) is 23.8. The van der Waals surface area contributed by atoms with Crippen LogP contribution in [0.1, 0.15) is 57.1 Å². The smallest absolute Gasteiger partial charge is 0.300 e. The lowest BCUT2D eigenvalue weighted by Crippen LogP contribution is -2.14. The molecule has 1 unspecified atom stereocenters. The number of fused-ring (bicyclic) bond motifs is 1. The minimum atomic E-state index is -0.833. The summed E-state index contributed by atoms with van der Waals surface area (Å²) in [6.07, 6.45) is 10.7. The summed E-state index contributed by atoms with van der Waals surface area (Å²) in [7, 11) is 0. The highest BCUT2D eigenvalue weighted by atomic mass is 32.2. The minimum Gasteiger partial charge on any atom is -0.481 e. The molecule has 0 aromatic heterocycles. The molecule has 0 aliphatic heterocycles. The second-order valence-corrected chi connectivity index (χ2v) is 8.35. The van der Waals surface area contributed by atoms with Crippen molar-refractivity contribution in [2.45, 2.75) is 52.1 Å². The average Bonchev–Trinajstić information content (AvgIpc) is 3.27. The molecule has 1 N–H and O–H groups in total. The van der Waals surface area contributed by atoms with Gasteiger partial charge in [0.15, 0.2) is 0 Å². The molecule has 172 valence electrons. The fraction of sp³-hybridized carbons (Fsp3) is 0.423. The summed E-state index contributed by atoms with van der Waals surface area (Å²) in [4.78, 5) is 13.8. The first kappa shape index (κ1) is 27.4. The summed E-state index contributed by atoms with van der Waals surface area (Å²) in [6, 6.07) is 9.83. The van der Waals surface area contributed by atoms with Crippen LogP contribution in [0, 0.1) is 11.3 Å². The van der Waals surface area contributed by atoms with E-state index in [1.807, 2.05) is 24.3 Å². The molecule has 1 fully saturated rings. The highest BCUT2D eigenvalue weighted by Crippen LogP contribution is 2.34. The Balaban J connectivity index is 0.000000769. The third kappa shape index (κ3) is 10.1. The van der Waals surface area contributed by atoms with E-state index < -0.39 is 5.97 Å². The summed E-state index contributed by atoms with van der Waals surface area (Å²) in [5, 5.41) is 17.4. The van der Waals surface area contributed by atoms with Gasteiger partial charge < -0.3 is 9.84 Å². The molecule has 1 aromatic carbocycles. The van der Waals surface area contributed by atoms with Crippen molar-refractivity contribution in [2.75, 3.05) is 18.9 Å². The number of nitriles is 1. The zero-order valence-corrected chi connectivity index (χ0v) is 20.0. The van der Waals surface area contributed by atoms with Gasteiger partial charge in [0, 0.05) is 25.6 Å². The van der Waals surface area contributed by atoms with E-state index in [9.17, 15) is 0 Å². The Hall–Kier alpha value is -2.62. The summed E-state index contributed by atoms with van der Waals surface area (Å²) >= 11 is 1.75. The molecule has 2 aliphatic rings. The number of carboxylic acid groups (broad SMARTS) is 1. The molecule has 3 rings (SSSR count). The summed E-state index contributed by atoms with van der Waals surface area (Å²) in [5.74, 6) is 0.152. The van der Waals surface area contributed by atoms with Crippen LogP contribution in [0.25, 0.3) is 0 Å². The highest BCUT2D eigenvalue weighted by molar-refractivity contribution is 8.14. The third-order valence-electron chi connectivity index (χ3n) is 4.72. The lowest BCUT2D eigenvalue weighted by Gasteiger charge is -2.18. The van der Waals surface area contributed by atoms with Crippen molar-refractivity contribution in [1.29, 1.82) is 5.26 Å². The van der Waals surface area contributed by atoms with Gasteiger partial charge in [-0.1, -0.05) is 31.2 Å². The van der Waals surface area contributed by atoms with Gasteiger partial charge in [0.25, 0.3) is 5.97 Å². The molecule has 32 heavy (non-hydrogen) atoms. The van der Waals surface area contributed by atoms with Crippen molar-refractivity contribution in [3.8, 4) is 6.07 Å². The molecule has 1 aromatic rings. The van der Waals surface area contributed by atoms with Crippen LogP contribution in [0.2, 0.25) is 0 Å². The number of nitrogens with zero attached hydrogens (tertiary/aromatic N) is 2. The topological polar surface area (TPSA) is 82.7 Å². The van der Waals surface area contributed by atoms with Gasteiger partial charge in [0.1, 0.15) is 0 Å². The van der Waals surface area contributed by atoms with Gasteiger partial charge >= 0.3 is 0 Å². The number of hydrogen-bond donors (Lipinski definition) is 1. The third-order valence-corrected chi connectivity index (χ3v) is 5.65. The largest absolute Gasteiger partial charge is 0.481 e. The molecule has 2 aliphatic carbocycles. The van der Waals surface area contributed by atoms with E-state index >= 15 is 0 Å². The van der Waals surface area contributed by atoms with E-state index in [4.69, 9.17) is 24.9 Å². The fourth-order valence-corrected chi connectivity index (χ4v) is 4.16. The van der Waals surface area contributed by atoms with Gasteiger partial charge in [-0.05, 0) is 61.1 Å². The van der Waals surface area contributed by atoms with Crippen LogP contribution < -0.4 is 0 Å². The fourth-order valence-electron chi connectivity index (χ4n) is 3.41. The van der Waals surface area contributed by atoms with E-state index in [0.29, 0.717) is 5.56 Å². The lowest BCUT2D eigenvalue weighted by atomic mass is 9.99. The maximum absolute atomic E-state index is 9.00. The SMILES string of the molecule is C=C.CC(=O)O.CCSC(=NCCCOC1C=C2CCCC2=CC1)c1ccc(C#N)cc1. The maximum atomic E-state index is 9.00. The molecule has 0 saturated heterocycles. The van der Waals surface area contributed by atoms with Gasteiger partial charge in [-0.25, -0.2) is 0 Å². The predicted octanol–water partition coefficient (Wildman–Crippen LogP) is 6.17. The van der Waals surface area contributed by atoms with Crippen LogP contribution in [-0.2, 0) is 9.53 Å². The lowest BCUT2D eigenvalue weighted by molar-refractivity contribution is -0.134. The minimum absolute atomic E-state index is 0.249. The molecule has 5 nitrogen and oxygen atoms in total. The Morgan fingerprint density at radius 3 is 2.56 bits per heavy atom. The van der Waals surface area contributed by atoms with E-state index in [1.165, 1.54) is 24.8 Å². The number of carboxylic acids is 1. The molecule has 1 saturated carbocycles. The van der Waals surface area contributed by atoms with Crippen LogP contribution in [0.15, 0.2) is 65.7 Å². The highest BCUT2D eigenvalue weighted by Gasteiger charge is 2.19. The van der Waals surface area contributed by atoms with Gasteiger partial charge in [-0.15, -0.1) is 24.9 Å². The number of thioether (sulfide) groups is 1. The van der Waals surface area contributed by atoms with Crippen LogP contribution >= 0.6 is 11.8 Å². The first-order valence-electron chi connectivity index (χ1n) is 10.9. The number of aliphatic carboxylic acids is 1. The number of aliphatic imine (C=N–C) groups is 1. The van der Waals surface area contributed by atoms with E-state index in [0.717, 1.165) is 49.3 Å². The van der Waals surface area contributed by atoms with Crippen molar-refractivity contribution in [2.24, 2.45) is 4.99 Å².